The van der Waals surface area contributed by atoms with Gasteiger partial charge in [-0.1, -0.05) is 67.6 Å². The normalized spacial score (nSPS) is 11.6. The van der Waals surface area contributed by atoms with Crippen LogP contribution in [0.1, 0.15) is 34.2 Å². The molecule has 1 heterocycles. The van der Waals surface area contributed by atoms with Crippen molar-refractivity contribution >= 4 is 34.2 Å². The third-order valence-electron chi connectivity index (χ3n) is 5.92. The first-order valence-corrected chi connectivity index (χ1v) is 11.4. The van der Waals surface area contributed by atoms with Gasteiger partial charge >= 0.3 is 5.97 Å². The molecule has 8 heteroatoms. The number of aromatic nitrogens is 1. The number of carbonyl (C=O) groups excluding carboxylic acids is 3. The molecule has 1 atom stereocenters. The standard InChI is InChI=1S/C28H25N3O5/c1-3-22(26(33)30-21-16-10-9-15-20(21)25(29)32)36-28(35)24-23(17-11-5-4-6-12-17)18-13-7-8-14-19(18)27(34)31(24)2/h4-16,22H,3H2,1-2H3,(H2,29,32)(H,30,33). The first kappa shape index (κ1) is 24.4. The van der Waals surface area contributed by atoms with Gasteiger partial charge in [0.25, 0.3) is 17.4 Å². The molecule has 0 aliphatic carbocycles. The van der Waals surface area contributed by atoms with Crippen molar-refractivity contribution in [2.45, 2.75) is 19.4 Å². The van der Waals surface area contributed by atoms with E-state index in [4.69, 9.17) is 10.5 Å². The van der Waals surface area contributed by atoms with Gasteiger partial charge in [-0.2, -0.15) is 0 Å². The van der Waals surface area contributed by atoms with E-state index in [2.05, 4.69) is 5.32 Å². The molecule has 3 N–H and O–H groups in total. The number of anilines is 1. The molecule has 1 unspecified atom stereocenters. The quantitative estimate of drug-likeness (QED) is 0.387. The number of esters is 1. The van der Waals surface area contributed by atoms with Gasteiger partial charge in [0.1, 0.15) is 5.69 Å². The molecule has 4 rings (SSSR count). The van der Waals surface area contributed by atoms with E-state index in [0.29, 0.717) is 16.3 Å². The Morgan fingerprint density at radius 1 is 0.917 bits per heavy atom. The highest BCUT2D eigenvalue weighted by Gasteiger charge is 2.28. The van der Waals surface area contributed by atoms with Crippen molar-refractivity contribution in [1.29, 1.82) is 0 Å². The van der Waals surface area contributed by atoms with E-state index in [1.54, 1.807) is 43.3 Å². The largest absolute Gasteiger partial charge is 0.448 e. The lowest BCUT2D eigenvalue weighted by Gasteiger charge is -2.20. The maximum atomic E-state index is 13.5. The molecule has 36 heavy (non-hydrogen) atoms. The number of pyridine rings is 1. The summed E-state index contributed by atoms with van der Waals surface area (Å²) in [6.07, 6.45) is -1.01. The summed E-state index contributed by atoms with van der Waals surface area (Å²) < 4.78 is 6.89. The molecule has 0 spiro atoms. The number of nitrogens with two attached hydrogens (primary N) is 1. The number of primary amides is 1. The zero-order valence-electron chi connectivity index (χ0n) is 19.9. The van der Waals surface area contributed by atoms with Crippen LogP contribution < -0.4 is 16.6 Å². The van der Waals surface area contributed by atoms with Gasteiger partial charge in [-0.05, 0) is 35.6 Å². The van der Waals surface area contributed by atoms with E-state index in [1.165, 1.54) is 23.7 Å². The van der Waals surface area contributed by atoms with Crippen molar-refractivity contribution in [3.8, 4) is 11.1 Å². The van der Waals surface area contributed by atoms with Crippen molar-refractivity contribution in [2.75, 3.05) is 5.32 Å². The number of benzene rings is 3. The minimum Gasteiger partial charge on any atom is -0.448 e. The van der Waals surface area contributed by atoms with E-state index in [1.807, 2.05) is 30.3 Å². The maximum Gasteiger partial charge on any atom is 0.356 e. The lowest BCUT2D eigenvalue weighted by atomic mass is 9.97. The monoisotopic (exact) mass is 483 g/mol. The first-order valence-electron chi connectivity index (χ1n) is 11.4. The summed E-state index contributed by atoms with van der Waals surface area (Å²) in [5, 5.41) is 3.68. The SMILES string of the molecule is CCC(OC(=O)c1c(-c2ccccc2)c2ccccc2c(=O)n1C)C(=O)Nc1ccccc1C(N)=O. The van der Waals surface area contributed by atoms with Crippen LogP contribution in [0.4, 0.5) is 5.69 Å². The number of rotatable bonds is 7. The van der Waals surface area contributed by atoms with Gasteiger partial charge in [0.15, 0.2) is 6.10 Å². The second kappa shape index (κ2) is 10.3. The first-order chi connectivity index (χ1) is 17.3. The zero-order chi connectivity index (χ0) is 25.8. The molecule has 3 aromatic carbocycles. The summed E-state index contributed by atoms with van der Waals surface area (Å²) in [5.41, 5.74) is 6.69. The molecule has 182 valence electrons. The highest BCUT2D eigenvalue weighted by molar-refractivity contribution is 6.08. The van der Waals surface area contributed by atoms with Crippen molar-refractivity contribution < 1.29 is 19.1 Å². The van der Waals surface area contributed by atoms with Crippen molar-refractivity contribution in [3.05, 3.63) is 100 Å². The fourth-order valence-electron chi connectivity index (χ4n) is 4.13. The second-order valence-corrected chi connectivity index (χ2v) is 8.20. The summed E-state index contributed by atoms with van der Waals surface area (Å²) in [4.78, 5) is 51.3. The minimum absolute atomic E-state index is 0.0358. The summed E-state index contributed by atoms with van der Waals surface area (Å²) >= 11 is 0. The number of nitrogens with one attached hydrogen (secondary N) is 1. The third kappa shape index (κ3) is 4.61. The number of carbonyl (C=O) groups is 3. The number of hydrogen-bond donors (Lipinski definition) is 2. The lowest BCUT2D eigenvalue weighted by Crippen LogP contribution is -2.34. The van der Waals surface area contributed by atoms with Gasteiger partial charge < -0.3 is 20.4 Å². The van der Waals surface area contributed by atoms with Crippen LogP contribution in [0, 0.1) is 0 Å². The molecule has 0 aliphatic heterocycles. The topological polar surface area (TPSA) is 120 Å². The highest BCUT2D eigenvalue weighted by atomic mass is 16.5. The molecule has 0 fully saturated rings. The lowest BCUT2D eigenvalue weighted by molar-refractivity contribution is -0.124. The Hall–Kier alpha value is -4.72. The third-order valence-corrected chi connectivity index (χ3v) is 5.92. The fourth-order valence-corrected chi connectivity index (χ4v) is 4.13. The Morgan fingerprint density at radius 3 is 2.19 bits per heavy atom. The van der Waals surface area contributed by atoms with Gasteiger partial charge in [-0.15, -0.1) is 0 Å². The van der Waals surface area contributed by atoms with Crippen LogP contribution in [0.2, 0.25) is 0 Å². The van der Waals surface area contributed by atoms with Gasteiger partial charge in [0.2, 0.25) is 0 Å². The predicted molar refractivity (Wildman–Crippen MR) is 138 cm³/mol. The van der Waals surface area contributed by atoms with Crippen LogP contribution in [0.3, 0.4) is 0 Å². The van der Waals surface area contributed by atoms with E-state index < -0.39 is 23.9 Å². The molecule has 4 aromatic rings. The Balaban J connectivity index is 1.74. The van der Waals surface area contributed by atoms with E-state index in [9.17, 15) is 19.2 Å². The van der Waals surface area contributed by atoms with Crippen LogP contribution in [-0.2, 0) is 16.6 Å². The molecular formula is C28H25N3O5. The number of ether oxygens (including phenoxy) is 1. The molecule has 0 saturated carbocycles. The maximum absolute atomic E-state index is 13.5. The Kier molecular flexibility index (Phi) is 6.96. The summed E-state index contributed by atoms with van der Waals surface area (Å²) in [5.74, 6) is -2.13. The number of nitrogens with zero attached hydrogens (tertiary/aromatic N) is 1. The summed E-state index contributed by atoms with van der Waals surface area (Å²) in [7, 11) is 1.50. The van der Waals surface area contributed by atoms with Crippen molar-refractivity contribution in [1.82, 2.24) is 4.57 Å². The van der Waals surface area contributed by atoms with Gasteiger partial charge in [-0.25, -0.2) is 4.79 Å². The van der Waals surface area contributed by atoms with Crippen molar-refractivity contribution in [3.63, 3.8) is 0 Å². The summed E-state index contributed by atoms with van der Waals surface area (Å²) in [6.45, 7) is 1.69. The smallest absolute Gasteiger partial charge is 0.356 e. The van der Waals surface area contributed by atoms with Crippen LogP contribution in [0.15, 0.2) is 83.7 Å². The number of hydrogen-bond acceptors (Lipinski definition) is 5. The highest BCUT2D eigenvalue weighted by Crippen LogP contribution is 2.31. The molecule has 2 amide bonds. The number of para-hydroxylation sites is 1. The molecule has 1 aromatic heterocycles. The Morgan fingerprint density at radius 2 is 1.53 bits per heavy atom. The minimum atomic E-state index is -1.18. The molecule has 8 nitrogen and oxygen atoms in total. The van der Waals surface area contributed by atoms with Gasteiger partial charge in [-0.3, -0.25) is 14.4 Å². The average Bonchev–Trinajstić information content (AvgIpc) is 2.89. The van der Waals surface area contributed by atoms with Crippen LogP contribution in [0.25, 0.3) is 21.9 Å². The van der Waals surface area contributed by atoms with Crippen LogP contribution in [0.5, 0.6) is 0 Å². The Labute approximate surface area is 207 Å². The van der Waals surface area contributed by atoms with Crippen LogP contribution in [-0.4, -0.2) is 28.5 Å². The van der Waals surface area contributed by atoms with Gasteiger partial charge in [0.05, 0.1) is 11.3 Å². The number of fused-ring (bicyclic) bond motifs is 1. The predicted octanol–water partition coefficient (Wildman–Crippen LogP) is 3.88. The summed E-state index contributed by atoms with van der Waals surface area (Å²) in [6, 6.07) is 22.5. The fraction of sp³-hybridized carbons (Fsp3) is 0.143. The Bertz CT molecular complexity index is 1530. The molecule has 0 saturated heterocycles. The van der Waals surface area contributed by atoms with Crippen LogP contribution >= 0.6 is 0 Å². The zero-order valence-corrected chi connectivity index (χ0v) is 19.9. The number of amides is 2. The average molecular weight is 484 g/mol. The molecule has 0 bridgehead atoms. The van der Waals surface area contributed by atoms with Crippen molar-refractivity contribution in [2.24, 2.45) is 12.8 Å². The van der Waals surface area contributed by atoms with E-state index in [0.717, 1.165) is 5.56 Å². The second-order valence-electron chi connectivity index (χ2n) is 8.20. The van der Waals surface area contributed by atoms with Gasteiger partial charge in [0, 0.05) is 18.0 Å². The molecular weight excluding hydrogens is 458 g/mol. The van der Waals surface area contributed by atoms with E-state index >= 15 is 0 Å². The van der Waals surface area contributed by atoms with E-state index in [-0.39, 0.29) is 28.9 Å². The molecule has 0 radical (unpaired) electrons. The molecule has 0 aliphatic rings.